The summed E-state index contributed by atoms with van der Waals surface area (Å²) in [5.41, 5.74) is 2.78. The molecule has 4 nitrogen and oxygen atoms in total. The van der Waals surface area contributed by atoms with E-state index < -0.39 is 0 Å². The number of fused-ring (bicyclic) bond motifs is 1. The van der Waals surface area contributed by atoms with Gasteiger partial charge >= 0.3 is 0 Å². The lowest BCUT2D eigenvalue weighted by Gasteiger charge is -2.23. The van der Waals surface area contributed by atoms with Crippen molar-refractivity contribution in [2.45, 2.75) is 51.9 Å². The monoisotopic (exact) mass is 344 g/mol. The lowest BCUT2D eigenvalue weighted by atomic mass is 9.88. The Bertz CT molecular complexity index is 588. The Hall–Kier alpha value is -1.55. The summed E-state index contributed by atoms with van der Waals surface area (Å²) in [5, 5.41) is 0. The van der Waals surface area contributed by atoms with Crippen molar-refractivity contribution in [3.63, 3.8) is 0 Å². The van der Waals surface area contributed by atoms with Crippen molar-refractivity contribution in [3.05, 3.63) is 23.8 Å². The summed E-state index contributed by atoms with van der Waals surface area (Å²) in [6, 6.07) is 6.44. The van der Waals surface area contributed by atoms with Crippen LogP contribution in [0.5, 0.6) is 11.5 Å². The first kappa shape index (κ1) is 18.2. The first-order chi connectivity index (χ1) is 12.1. The van der Waals surface area contributed by atoms with E-state index in [2.05, 4.69) is 44.0 Å². The quantitative estimate of drug-likeness (QED) is 0.731. The van der Waals surface area contributed by atoms with E-state index in [1.807, 2.05) is 0 Å². The Morgan fingerprint density at radius 2 is 1.80 bits per heavy atom. The van der Waals surface area contributed by atoms with Crippen molar-refractivity contribution < 1.29 is 9.47 Å². The maximum absolute atomic E-state index is 5.57. The summed E-state index contributed by atoms with van der Waals surface area (Å²) in [5.74, 6) is 3.05. The van der Waals surface area contributed by atoms with Gasteiger partial charge in [-0.2, -0.15) is 0 Å². The summed E-state index contributed by atoms with van der Waals surface area (Å²) in [7, 11) is 2.19. The predicted octanol–water partition coefficient (Wildman–Crippen LogP) is 4.49. The minimum atomic E-state index is 0.345. The maximum atomic E-state index is 5.57. The highest BCUT2D eigenvalue weighted by atomic mass is 16.7. The molecule has 4 heteroatoms. The fourth-order valence-electron chi connectivity index (χ4n) is 3.59. The molecule has 0 N–H and O–H groups in total. The van der Waals surface area contributed by atoms with E-state index in [1.165, 1.54) is 24.1 Å². The van der Waals surface area contributed by atoms with E-state index in [0.29, 0.717) is 12.7 Å². The van der Waals surface area contributed by atoms with E-state index >= 15 is 0 Å². The van der Waals surface area contributed by atoms with Gasteiger partial charge in [0.25, 0.3) is 0 Å². The van der Waals surface area contributed by atoms with Gasteiger partial charge in [-0.1, -0.05) is 26.3 Å². The van der Waals surface area contributed by atoms with Crippen LogP contribution in [0.2, 0.25) is 0 Å². The van der Waals surface area contributed by atoms with Crippen LogP contribution >= 0.6 is 0 Å². The molecular formula is C21H32N2O2. The van der Waals surface area contributed by atoms with Gasteiger partial charge in [0.1, 0.15) is 0 Å². The Kier molecular flexibility index (Phi) is 6.35. The van der Waals surface area contributed by atoms with Gasteiger partial charge < -0.3 is 14.4 Å². The van der Waals surface area contributed by atoms with Crippen LogP contribution < -0.4 is 9.47 Å². The number of likely N-dealkylation sites (tertiary alicyclic amines) is 1. The first-order valence-electron chi connectivity index (χ1n) is 9.72. The molecule has 0 amide bonds. The van der Waals surface area contributed by atoms with Crippen LogP contribution in [0.3, 0.4) is 0 Å². The molecule has 0 bridgehead atoms. The lowest BCUT2D eigenvalue weighted by Crippen LogP contribution is -2.30. The molecule has 25 heavy (non-hydrogen) atoms. The highest BCUT2D eigenvalue weighted by molar-refractivity contribution is 5.85. The molecule has 2 aliphatic rings. The number of hydrogen-bond acceptors (Lipinski definition) is 4. The number of ether oxygens (including phenoxy) is 2. The third-order valence-electron chi connectivity index (χ3n) is 5.34. The molecule has 1 fully saturated rings. The van der Waals surface area contributed by atoms with Crippen molar-refractivity contribution in [2.75, 3.05) is 33.5 Å². The van der Waals surface area contributed by atoms with E-state index in [4.69, 9.17) is 14.5 Å². The van der Waals surface area contributed by atoms with E-state index in [1.54, 1.807) is 0 Å². The topological polar surface area (TPSA) is 34.1 Å². The lowest BCUT2D eigenvalue weighted by molar-refractivity contribution is 0.174. The Labute approximate surface area is 152 Å². The molecule has 1 aromatic carbocycles. The fraction of sp³-hybridized carbons (Fsp3) is 0.667. The number of aliphatic imine (C=N–C) groups is 1. The third-order valence-corrected chi connectivity index (χ3v) is 5.34. The maximum Gasteiger partial charge on any atom is 0.231 e. The number of nitrogens with zero attached hydrogens (tertiary/aromatic N) is 2. The molecule has 0 saturated carbocycles. The van der Waals surface area contributed by atoms with Crippen LogP contribution in [0.25, 0.3) is 0 Å². The highest BCUT2D eigenvalue weighted by Crippen LogP contribution is 2.37. The highest BCUT2D eigenvalue weighted by Gasteiger charge is 2.18. The number of benzene rings is 1. The Morgan fingerprint density at radius 3 is 2.56 bits per heavy atom. The zero-order valence-corrected chi connectivity index (χ0v) is 16.0. The minimum absolute atomic E-state index is 0.345. The van der Waals surface area contributed by atoms with Crippen molar-refractivity contribution >= 4 is 5.71 Å². The molecule has 0 aromatic heterocycles. The van der Waals surface area contributed by atoms with Crippen molar-refractivity contribution in [1.82, 2.24) is 4.90 Å². The van der Waals surface area contributed by atoms with E-state index in [-0.39, 0.29) is 0 Å². The average molecular weight is 344 g/mol. The molecule has 0 radical (unpaired) electrons. The average Bonchev–Trinajstić information content (AvgIpc) is 3.07. The van der Waals surface area contributed by atoms with Gasteiger partial charge in [-0.05, 0) is 62.3 Å². The molecule has 138 valence electrons. The zero-order valence-electron chi connectivity index (χ0n) is 16.0. The molecule has 2 heterocycles. The molecule has 2 aliphatic heterocycles. The van der Waals surface area contributed by atoms with Gasteiger partial charge in [0, 0.05) is 25.3 Å². The second-order valence-corrected chi connectivity index (χ2v) is 7.82. The van der Waals surface area contributed by atoms with Crippen molar-refractivity contribution in [2.24, 2.45) is 10.9 Å². The summed E-state index contributed by atoms with van der Waals surface area (Å²) in [4.78, 5) is 7.30. The fourth-order valence-corrected chi connectivity index (χ4v) is 3.59. The standard InChI is InChI=1S/C21H32N2O2/c1-16(2)4-5-17(8-11-22-19-9-12-23(3)13-10-19)18-6-7-20-21(14-18)25-15-24-20/h6-7,14,16-17H,4-5,8-13,15H2,1-3H3. The van der Waals surface area contributed by atoms with Crippen molar-refractivity contribution in [3.8, 4) is 11.5 Å². The molecule has 3 rings (SSSR count). The molecule has 0 aliphatic carbocycles. The van der Waals surface area contributed by atoms with Crippen LogP contribution in [0, 0.1) is 5.92 Å². The molecule has 1 unspecified atom stereocenters. The summed E-state index contributed by atoms with van der Waals surface area (Å²) in [6.07, 6.45) is 5.85. The van der Waals surface area contributed by atoms with Crippen LogP contribution in [-0.4, -0.2) is 44.1 Å². The van der Waals surface area contributed by atoms with Crippen LogP contribution in [0.4, 0.5) is 0 Å². The smallest absolute Gasteiger partial charge is 0.231 e. The largest absolute Gasteiger partial charge is 0.454 e. The molecule has 1 atom stereocenters. The predicted molar refractivity (Wildman–Crippen MR) is 103 cm³/mol. The van der Waals surface area contributed by atoms with Gasteiger partial charge in [0.05, 0.1) is 0 Å². The Balaban J connectivity index is 1.62. The van der Waals surface area contributed by atoms with Gasteiger partial charge in [0.15, 0.2) is 11.5 Å². The van der Waals surface area contributed by atoms with Crippen LogP contribution in [-0.2, 0) is 0 Å². The van der Waals surface area contributed by atoms with Gasteiger partial charge in [0.2, 0.25) is 6.79 Å². The summed E-state index contributed by atoms with van der Waals surface area (Å²) in [6.45, 7) is 8.19. The number of rotatable bonds is 7. The van der Waals surface area contributed by atoms with Crippen molar-refractivity contribution in [1.29, 1.82) is 0 Å². The number of hydrogen-bond donors (Lipinski definition) is 0. The second-order valence-electron chi connectivity index (χ2n) is 7.82. The van der Waals surface area contributed by atoms with Gasteiger partial charge in [-0.25, -0.2) is 0 Å². The number of piperidine rings is 1. The zero-order chi connectivity index (χ0) is 17.6. The van der Waals surface area contributed by atoms with E-state index in [9.17, 15) is 0 Å². The normalized spacial score (nSPS) is 18.6. The van der Waals surface area contributed by atoms with Gasteiger partial charge in [-0.15, -0.1) is 0 Å². The summed E-state index contributed by atoms with van der Waals surface area (Å²) >= 11 is 0. The molecule has 1 saturated heterocycles. The Morgan fingerprint density at radius 1 is 1.04 bits per heavy atom. The molecule has 0 spiro atoms. The summed E-state index contributed by atoms with van der Waals surface area (Å²) < 4.78 is 11.0. The van der Waals surface area contributed by atoms with Gasteiger partial charge in [-0.3, -0.25) is 4.99 Å². The molecule has 1 aromatic rings. The van der Waals surface area contributed by atoms with Crippen LogP contribution in [0.15, 0.2) is 23.2 Å². The van der Waals surface area contributed by atoms with Crippen LogP contribution in [0.1, 0.15) is 57.4 Å². The molecular weight excluding hydrogens is 312 g/mol. The van der Waals surface area contributed by atoms with E-state index in [0.717, 1.165) is 56.3 Å². The SMILES string of the molecule is CC(C)CCC(CCN=C1CCN(C)CC1)c1ccc2c(c1)OCO2. The second kappa shape index (κ2) is 8.70. The first-order valence-corrected chi connectivity index (χ1v) is 9.72. The minimum Gasteiger partial charge on any atom is -0.454 e. The third kappa shape index (κ3) is 5.21.